The smallest absolute Gasteiger partial charge is 0.333 e. The quantitative estimate of drug-likeness (QED) is 0.0724. The second kappa shape index (κ2) is 20.0. The second-order valence-corrected chi connectivity index (χ2v) is 14.0. The fourth-order valence-electron chi connectivity index (χ4n) is 6.59. The summed E-state index contributed by atoms with van der Waals surface area (Å²) in [6, 6.07) is 0. The standard InChI is InChI=1S/C36H64O10/c1-12-19(2)13-20(3)14-25(8)34(46-36-33(42)32(41)31(40)28(18-37)45-36)26(9)16-23(6)29(38)21(4)15-22(5)30(39)24(7)17-27(10)35(43)44-11/h15-17,19-21,24-26,28-34,36-42H,12-14,18H2,1-11H3/b22-15+,23-16+,27-17+/t19?,20?,21?,24?,25?,26?,28?,29?,30?,31-,32-,33?,34?,36-/m0/s1. The van der Waals surface area contributed by atoms with Gasteiger partial charge in [0, 0.05) is 23.3 Å². The highest BCUT2D eigenvalue weighted by atomic mass is 16.7. The Hall–Kier alpha value is -1.63. The van der Waals surface area contributed by atoms with Gasteiger partial charge in [0.05, 0.1) is 32.0 Å². The van der Waals surface area contributed by atoms with Gasteiger partial charge in [-0.1, -0.05) is 73.1 Å². The molecule has 10 nitrogen and oxygen atoms in total. The fourth-order valence-corrected chi connectivity index (χ4v) is 6.59. The molecule has 1 aliphatic rings. The van der Waals surface area contributed by atoms with Crippen molar-refractivity contribution in [2.45, 2.75) is 138 Å². The molecule has 1 rings (SSSR count). The lowest BCUT2D eigenvalue weighted by Crippen LogP contribution is -2.60. The molecular formula is C36H64O10. The average molecular weight is 657 g/mol. The highest BCUT2D eigenvalue weighted by Crippen LogP contribution is 2.33. The monoisotopic (exact) mass is 656 g/mol. The van der Waals surface area contributed by atoms with E-state index in [9.17, 15) is 35.4 Å². The summed E-state index contributed by atoms with van der Waals surface area (Å²) < 4.78 is 16.8. The van der Waals surface area contributed by atoms with Crippen LogP contribution in [0, 0.1) is 35.5 Å². The lowest BCUT2D eigenvalue weighted by molar-refractivity contribution is -0.317. The predicted octanol–water partition coefficient (Wildman–Crippen LogP) is 3.91. The average Bonchev–Trinajstić information content (AvgIpc) is 3.01. The highest BCUT2D eigenvalue weighted by molar-refractivity contribution is 5.87. The number of hydrogen-bond donors (Lipinski definition) is 6. The zero-order chi connectivity index (χ0) is 35.5. The van der Waals surface area contributed by atoms with Gasteiger partial charge in [-0.2, -0.15) is 0 Å². The van der Waals surface area contributed by atoms with E-state index in [0.29, 0.717) is 28.6 Å². The molecule has 14 atom stereocenters. The first-order chi connectivity index (χ1) is 21.4. The molecule has 6 N–H and O–H groups in total. The van der Waals surface area contributed by atoms with E-state index < -0.39 is 61.6 Å². The summed E-state index contributed by atoms with van der Waals surface area (Å²) in [7, 11) is 1.31. The number of carbonyl (C=O) groups is 1. The zero-order valence-corrected chi connectivity index (χ0v) is 30.0. The van der Waals surface area contributed by atoms with Gasteiger partial charge < -0.3 is 44.8 Å². The first-order valence-corrected chi connectivity index (χ1v) is 16.8. The third-order valence-electron chi connectivity index (χ3n) is 9.50. The number of aliphatic hydroxyl groups excluding tert-OH is 6. The molecule has 0 aromatic rings. The van der Waals surface area contributed by atoms with E-state index in [1.54, 1.807) is 19.9 Å². The lowest BCUT2D eigenvalue weighted by atomic mass is 9.82. The van der Waals surface area contributed by atoms with Crippen molar-refractivity contribution in [1.82, 2.24) is 0 Å². The Morgan fingerprint density at radius 3 is 1.80 bits per heavy atom. The van der Waals surface area contributed by atoms with Crippen LogP contribution in [0.15, 0.2) is 34.9 Å². The van der Waals surface area contributed by atoms with E-state index in [4.69, 9.17) is 14.2 Å². The minimum Gasteiger partial charge on any atom is -0.466 e. The maximum Gasteiger partial charge on any atom is 0.333 e. The number of carbonyl (C=O) groups excluding carboxylic acids is 1. The van der Waals surface area contributed by atoms with Crippen molar-refractivity contribution in [2.75, 3.05) is 13.7 Å². The van der Waals surface area contributed by atoms with Gasteiger partial charge in [0.2, 0.25) is 0 Å². The van der Waals surface area contributed by atoms with Gasteiger partial charge in [-0.25, -0.2) is 4.79 Å². The van der Waals surface area contributed by atoms with Gasteiger partial charge in [0.1, 0.15) is 24.4 Å². The Labute approximate surface area is 277 Å². The molecule has 0 saturated carbocycles. The number of esters is 1. The number of methoxy groups -OCH3 is 1. The molecular weight excluding hydrogens is 592 g/mol. The molecule has 1 fully saturated rings. The third kappa shape index (κ3) is 12.4. The minimum absolute atomic E-state index is 0.000295. The molecule has 1 saturated heterocycles. The van der Waals surface area contributed by atoms with Crippen LogP contribution in [-0.4, -0.2) is 99.3 Å². The van der Waals surface area contributed by atoms with Gasteiger partial charge in [-0.15, -0.1) is 0 Å². The van der Waals surface area contributed by atoms with Gasteiger partial charge in [0.25, 0.3) is 0 Å². The van der Waals surface area contributed by atoms with Crippen molar-refractivity contribution >= 4 is 5.97 Å². The molecule has 0 bridgehead atoms. The van der Waals surface area contributed by atoms with E-state index in [1.165, 1.54) is 7.11 Å². The van der Waals surface area contributed by atoms with Gasteiger partial charge >= 0.3 is 5.97 Å². The molecule has 0 aromatic heterocycles. The first kappa shape index (κ1) is 42.4. The Morgan fingerprint density at radius 2 is 1.30 bits per heavy atom. The SMILES string of the molecule is CCC(C)CC(C)CC(C)C(O[C@@H]1OC(CO)[C@H](O)[C@H](O)C1O)C(C)/C=C(\C)C(O)C(C)/C=C(\C)C(O)C(C)/C=C(\C)C(=O)OC. The van der Waals surface area contributed by atoms with Crippen molar-refractivity contribution in [1.29, 1.82) is 0 Å². The fraction of sp³-hybridized carbons (Fsp3) is 0.806. The Morgan fingerprint density at radius 1 is 0.783 bits per heavy atom. The largest absolute Gasteiger partial charge is 0.466 e. The van der Waals surface area contributed by atoms with Crippen LogP contribution in [0.2, 0.25) is 0 Å². The van der Waals surface area contributed by atoms with E-state index >= 15 is 0 Å². The Kier molecular flexibility index (Phi) is 18.4. The molecule has 10 heteroatoms. The zero-order valence-electron chi connectivity index (χ0n) is 30.0. The summed E-state index contributed by atoms with van der Waals surface area (Å²) >= 11 is 0. The van der Waals surface area contributed by atoms with E-state index in [2.05, 4.69) is 27.7 Å². The van der Waals surface area contributed by atoms with Crippen molar-refractivity contribution < 1.29 is 49.6 Å². The molecule has 11 unspecified atom stereocenters. The predicted molar refractivity (Wildman–Crippen MR) is 178 cm³/mol. The maximum atomic E-state index is 11.8. The van der Waals surface area contributed by atoms with Crippen LogP contribution in [0.1, 0.15) is 88.5 Å². The van der Waals surface area contributed by atoms with Crippen molar-refractivity contribution in [2.24, 2.45) is 35.5 Å². The normalized spacial score (nSPS) is 29.2. The summed E-state index contributed by atoms with van der Waals surface area (Å²) in [5.74, 6) is -0.402. The molecule has 46 heavy (non-hydrogen) atoms. The minimum atomic E-state index is -1.54. The molecule has 1 heterocycles. The van der Waals surface area contributed by atoms with Crippen LogP contribution in [-0.2, 0) is 19.0 Å². The number of aliphatic hydroxyl groups is 6. The van der Waals surface area contributed by atoms with Gasteiger partial charge in [-0.3, -0.25) is 0 Å². The van der Waals surface area contributed by atoms with Crippen LogP contribution in [0.3, 0.4) is 0 Å². The topological polar surface area (TPSA) is 166 Å². The van der Waals surface area contributed by atoms with Crippen LogP contribution in [0.5, 0.6) is 0 Å². The van der Waals surface area contributed by atoms with Crippen LogP contribution < -0.4 is 0 Å². The Balaban J connectivity index is 3.23. The number of ether oxygens (including phenoxy) is 3. The maximum absolute atomic E-state index is 11.8. The number of rotatable bonds is 18. The van der Waals surface area contributed by atoms with Crippen molar-refractivity contribution in [3.05, 3.63) is 34.9 Å². The van der Waals surface area contributed by atoms with E-state index in [1.807, 2.05) is 39.8 Å². The molecule has 0 spiro atoms. The molecule has 0 amide bonds. The molecule has 0 aromatic carbocycles. The second-order valence-electron chi connectivity index (χ2n) is 14.0. The highest BCUT2D eigenvalue weighted by Gasteiger charge is 2.45. The van der Waals surface area contributed by atoms with Gasteiger partial charge in [0.15, 0.2) is 6.29 Å². The van der Waals surface area contributed by atoms with E-state index in [-0.39, 0.29) is 23.7 Å². The van der Waals surface area contributed by atoms with Crippen molar-refractivity contribution in [3.8, 4) is 0 Å². The van der Waals surface area contributed by atoms with Crippen LogP contribution in [0.25, 0.3) is 0 Å². The molecule has 0 aliphatic carbocycles. The number of hydrogen-bond acceptors (Lipinski definition) is 10. The van der Waals surface area contributed by atoms with E-state index in [0.717, 1.165) is 19.3 Å². The van der Waals surface area contributed by atoms with Crippen LogP contribution >= 0.6 is 0 Å². The lowest BCUT2D eigenvalue weighted by Gasteiger charge is -2.42. The van der Waals surface area contributed by atoms with Crippen LogP contribution in [0.4, 0.5) is 0 Å². The molecule has 0 radical (unpaired) electrons. The summed E-state index contributed by atoms with van der Waals surface area (Å²) in [5, 5.41) is 63.2. The summed E-state index contributed by atoms with van der Waals surface area (Å²) in [4.78, 5) is 11.8. The van der Waals surface area contributed by atoms with Gasteiger partial charge in [-0.05, 0) is 62.5 Å². The summed E-state index contributed by atoms with van der Waals surface area (Å²) in [5.41, 5.74) is 1.78. The third-order valence-corrected chi connectivity index (χ3v) is 9.50. The Bertz CT molecular complexity index is 1010. The summed E-state index contributed by atoms with van der Waals surface area (Å²) in [6.07, 6.45) is -0.652. The molecule has 1 aliphatic heterocycles. The summed E-state index contributed by atoms with van der Waals surface area (Å²) in [6.45, 7) is 19.1. The van der Waals surface area contributed by atoms with Crippen molar-refractivity contribution in [3.63, 3.8) is 0 Å². The first-order valence-electron chi connectivity index (χ1n) is 16.8. The molecule has 268 valence electrons.